The zero-order valence-electron chi connectivity index (χ0n) is 16.0. The minimum Gasteiger partial charge on any atom is -0.432 e. The Labute approximate surface area is 169 Å². The van der Waals surface area contributed by atoms with E-state index in [0.717, 1.165) is 25.0 Å². The largest absolute Gasteiger partial charge is 0.432 e. The number of benzene rings is 1. The summed E-state index contributed by atoms with van der Waals surface area (Å²) >= 11 is 0. The molecule has 4 rings (SSSR count). The molecule has 30 heavy (non-hydrogen) atoms. The number of rotatable bonds is 6. The minimum absolute atomic E-state index is 0.181. The summed E-state index contributed by atoms with van der Waals surface area (Å²) in [4.78, 5) is 18.7. The standard InChI is InChI=1S/C21H17F3N4O2/c1-27-16-6-4-13(10-25)26-20(16)17(9-19(27)29)28(11-12-2-3-12)14-5-7-18(15(22)8-14)30-21(23)24/h4-9,12,21H,2-3,11H2,1H3. The lowest BCUT2D eigenvalue weighted by atomic mass is 10.1. The van der Waals surface area contributed by atoms with Gasteiger partial charge in [-0.25, -0.2) is 9.37 Å². The molecule has 2 aromatic heterocycles. The summed E-state index contributed by atoms with van der Waals surface area (Å²) < 4.78 is 44.9. The van der Waals surface area contributed by atoms with E-state index < -0.39 is 18.2 Å². The van der Waals surface area contributed by atoms with Crippen LogP contribution >= 0.6 is 0 Å². The Morgan fingerprint density at radius 3 is 2.70 bits per heavy atom. The van der Waals surface area contributed by atoms with Crippen LogP contribution in [0.4, 0.5) is 24.5 Å². The van der Waals surface area contributed by atoms with E-state index in [2.05, 4.69) is 9.72 Å². The predicted octanol–water partition coefficient (Wildman–Crippen LogP) is 4.09. The Morgan fingerprint density at radius 1 is 1.30 bits per heavy atom. The van der Waals surface area contributed by atoms with Gasteiger partial charge in [0, 0.05) is 31.4 Å². The van der Waals surface area contributed by atoms with Crippen molar-refractivity contribution in [3.8, 4) is 11.8 Å². The van der Waals surface area contributed by atoms with Gasteiger partial charge in [0.25, 0.3) is 5.56 Å². The molecule has 2 heterocycles. The van der Waals surface area contributed by atoms with E-state index in [1.807, 2.05) is 6.07 Å². The third-order valence-electron chi connectivity index (χ3n) is 5.05. The van der Waals surface area contributed by atoms with Gasteiger partial charge in [-0.3, -0.25) is 4.79 Å². The predicted molar refractivity (Wildman–Crippen MR) is 104 cm³/mol. The van der Waals surface area contributed by atoms with E-state index in [-0.39, 0.29) is 11.3 Å². The number of aromatic nitrogens is 2. The van der Waals surface area contributed by atoms with E-state index in [0.29, 0.717) is 34.9 Å². The summed E-state index contributed by atoms with van der Waals surface area (Å²) in [6.45, 7) is -2.64. The molecule has 0 unspecified atom stereocenters. The number of nitrogens with zero attached hydrogens (tertiary/aromatic N) is 4. The van der Waals surface area contributed by atoms with E-state index >= 15 is 0 Å². The number of aryl methyl sites for hydroxylation is 1. The highest BCUT2D eigenvalue weighted by molar-refractivity contribution is 5.91. The highest BCUT2D eigenvalue weighted by Gasteiger charge is 2.28. The number of hydrogen-bond acceptors (Lipinski definition) is 5. The van der Waals surface area contributed by atoms with Gasteiger partial charge in [0.15, 0.2) is 11.6 Å². The third-order valence-corrected chi connectivity index (χ3v) is 5.05. The molecule has 9 heteroatoms. The van der Waals surface area contributed by atoms with Gasteiger partial charge in [-0.15, -0.1) is 0 Å². The molecular weight excluding hydrogens is 397 g/mol. The van der Waals surface area contributed by atoms with Crippen LogP contribution in [-0.4, -0.2) is 22.7 Å². The van der Waals surface area contributed by atoms with Crippen LogP contribution in [0, 0.1) is 23.1 Å². The number of nitriles is 1. The Hall–Kier alpha value is -3.54. The fraction of sp³-hybridized carbons (Fsp3) is 0.286. The lowest BCUT2D eigenvalue weighted by molar-refractivity contribution is -0.0521. The Kier molecular flexibility index (Phi) is 5.08. The van der Waals surface area contributed by atoms with Crippen molar-refractivity contribution < 1.29 is 17.9 Å². The molecule has 6 nitrogen and oxygen atoms in total. The quantitative estimate of drug-likeness (QED) is 0.608. The molecule has 1 aliphatic carbocycles. The van der Waals surface area contributed by atoms with Gasteiger partial charge >= 0.3 is 6.61 Å². The van der Waals surface area contributed by atoms with E-state index in [1.54, 1.807) is 18.0 Å². The van der Waals surface area contributed by atoms with Crippen molar-refractivity contribution in [2.75, 3.05) is 11.4 Å². The van der Waals surface area contributed by atoms with Crippen LogP contribution in [0.15, 0.2) is 41.2 Å². The fourth-order valence-electron chi connectivity index (χ4n) is 3.33. The van der Waals surface area contributed by atoms with Crippen molar-refractivity contribution in [3.63, 3.8) is 0 Å². The second kappa shape index (κ2) is 7.71. The summed E-state index contributed by atoms with van der Waals surface area (Å²) in [7, 11) is 1.60. The normalized spacial score (nSPS) is 13.5. The van der Waals surface area contributed by atoms with Gasteiger partial charge in [-0.05, 0) is 43.0 Å². The SMILES string of the molecule is Cn1c(=O)cc(N(CC2CC2)c2ccc(OC(F)F)c(F)c2)c2nc(C#N)ccc21. The second-order valence-corrected chi connectivity index (χ2v) is 7.15. The van der Waals surface area contributed by atoms with Crippen LogP contribution in [0.3, 0.4) is 0 Å². The summed E-state index contributed by atoms with van der Waals surface area (Å²) in [5.74, 6) is -1.14. The zero-order valence-corrected chi connectivity index (χ0v) is 16.0. The van der Waals surface area contributed by atoms with Gasteiger partial charge in [0.05, 0.1) is 11.2 Å². The van der Waals surface area contributed by atoms with Crippen molar-refractivity contribution in [2.45, 2.75) is 19.5 Å². The lowest BCUT2D eigenvalue weighted by Crippen LogP contribution is -2.25. The first-order chi connectivity index (χ1) is 14.4. The van der Waals surface area contributed by atoms with Gasteiger partial charge in [-0.1, -0.05) is 0 Å². The number of halogens is 3. The highest BCUT2D eigenvalue weighted by atomic mass is 19.3. The van der Waals surface area contributed by atoms with Gasteiger partial charge in [0.1, 0.15) is 17.3 Å². The molecule has 0 atom stereocenters. The molecule has 3 aromatic rings. The first-order valence-corrected chi connectivity index (χ1v) is 9.30. The number of pyridine rings is 2. The van der Waals surface area contributed by atoms with Crippen LogP contribution in [-0.2, 0) is 7.05 Å². The van der Waals surface area contributed by atoms with Crippen LogP contribution < -0.4 is 15.2 Å². The molecule has 0 radical (unpaired) electrons. The molecule has 0 N–H and O–H groups in total. The second-order valence-electron chi connectivity index (χ2n) is 7.15. The number of fused-ring (bicyclic) bond motifs is 1. The van der Waals surface area contributed by atoms with E-state index in [4.69, 9.17) is 0 Å². The Balaban J connectivity index is 1.89. The summed E-state index contributed by atoms with van der Waals surface area (Å²) in [6, 6.07) is 10.2. The summed E-state index contributed by atoms with van der Waals surface area (Å²) in [5, 5.41) is 9.24. The zero-order chi connectivity index (χ0) is 21.4. The van der Waals surface area contributed by atoms with Crippen molar-refractivity contribution in [1.29, 1.82) is 5.26 Å². The van der Waals surface area contributed by atoms with Crippen LogP contribution in [0.5, 0.6) is 5.75 Å². The molecule has 1 aliphatic rings. The van der Waals surface area contributed by atoms with Crippen molar-refractivity contribution in [3.05, 3.63) is 58.3 Å². The van der Waals surface area contributed by atoms with Gasteiger partial charge < -0.3 is 14.2 Å². The molecule has 0 spiro atoms. The Morgan fingerprint density at radius 2 is 2.07 bits per heavy atom. The van der Waals surface area contributed by atoms with Gasteiger partial charge in [0.2, 0.25) is 0 Å². The molecule has 1 aromatic carbocycles. The third kappa shape index (κ3) is 3.81. The average Bonchev–Trinajstić information content (AvgIpc) is 3.54. The van der Waals surface area contributed by atoms with Crippen LogP contribution in [0.25, 0.3) is 11.0 Å². The first-order valence-electron chi connectivity index (χ1n) is 9.30. The molecule has 0 aliphatic heterocycles. The molecule has 0 amide bonds. The number of anilines is 2. The maximum Gasteiger partial charge on any atom is 0.387 e. The topological polar surface area (TPSA) is 71.2 Å². The average molecular weight is 414 g/mol. The Bertz CT molecular complexity index is 1220. The molecule has 154 valence electrons. The number of hydrogen-bond donors (Lipinski definition) is 0. The maximum atomic E-state index is 14.4. The molecule has 1 fully saturated rings. The monoisotopic (exact) mass is 414 g/mol. The number of ether oxygens (including phenoxy) is 1. The lowest BCUT2D eigenvalue weighted by Gasteiger charge is -2.26. The van der Waals surface area contributed by atoms with Gasteiger partial charge in [-0.2, -0.15) is 14.0 Å². The van der Waals surface area contributed by atoms with Crippen molar-refractivity contribution in [1.82, 2.24) is 9.55 Å². The van der Waals surface area contributed by atoms with E-state index in [1.165, 1.54) is 22.8 Å². The van der Waals surface area contributed by atoms with Crippen LogP contribution in [0.1, 0.15) is 18.5 Å². The van der Waals surface area contributed by atoms with E-state index in [9.17, 15) is 23.2 Å². The summed E-state index contributed by atoms with van der Waals surface area (Å²) in [6.07, 6.45) is 1.98. The highest BCUT2D eigenvalue weighted by Crippen LogP contribution is 2.38. The molecule has 0 saturated heterocycles. The fourth-order valence-corrected chi connectivity index (χ4v) is 3.33. The smallest absolute Gasteiger partial charge is 0.387 e. The summed E-state index contributed by atoms with van der Waals surface area (Å²) in [5.41, 5.74) is 1.64. The van der Waals surface area contributed by atoms with Crippen LogP contribution in [0.2, 0.25) is 0 Å². The van der Waals surface area contributed by atoms with Crippen molar-refractivity contribution >= 4 is 22.4 Å². The molecule has 0 bridgehead atoms. The maximum absolute atomic E-state index is 14.4. The molecular formula is C21H17F3N4O2. The number of alkyl halides is 2. The first kappa shape index (κ1) is 19.8. The minimum atomic E-state index is -3.14. The van der Waals surface area contributed by atoms with Crippen molar-refractivity contribution in [2.24, 2.45) is 13.0 Å². The molecule has 1 saturated carbocycles.